The molecule has 2 atom stereocenters. The number of aromatic nitrogens is 1. The van der Waals surface area contributed by atoms with E-state index in [-0.39, 0.29) is 5.91 Å². The number of carbonyl (C=O) groups excluding carboxylic acids is 3. The van der Waals surface area contributed by atoms with Gasteiger partial charge in [-0.1, -0.05) is 0 Å². The summed E-state index contributed by atoms with van der Waals surface area (Å²) >= 11 is 0. The molecule has 3 rings (SSSR count). The van der Waals surface area contributed by atoms with E-state index in [2.05, 4.69) is 25.9 Å². The number of aliphatic imine (C=N–C) groups is 1. The predicted molar refractivity (Wildman–Crippen MR) is 105 cm³/mol. The molecular weight excluding hydrogens is 360 g/mol. The van der Waals surface area contributed by atoms with Crippen molar-refractivity contribution in [2.45, 2.75) is 25.4 Å². The first-order valence-corrected chi connectivity index (χ1v) is 8.54. The van der Waals surface area contributed by atoms with Crippen LogP contribution in [-0.4, -0.2) is 40.6 Å². The van der Waals surface area contributed by atoms with Crippen LogP contribution in [0.4, 0.5) is 11.4 Å². The van der Waals surface area contributed by atoms with Gasteiger partial charge in [0.1, 0.15) is 11.2 Å². The van der Waals surface area contributed by atoms with Gasteiger partial charge in [-0.05, 0) is 55.8 Å². The molecule has 0 aliphatic carbocycles. The van der Waals surface area contributed by atoms with Crippen LogP contribution in [-0.2, 0) is 9.59 Å². The highest BCUT2D eigenvalue weighted by Crippen LogP contribution is 2.20. The summed E-state index contributed by atoms with van der Waals surface area (Å²) < 4.78 is 0. The number of nitrogens with zero attached hydrogens (tertiary/aromatic N) is 2. The van der Waals surface area contributed by atoms with Gasteiger partial charge < -0.3 is 21.7 Å². The fourth-order valence-electron chi connectivity index (χ4n) is 2.71. The molecule has 5 N–H and O–H groups in total. The monoisotopic (exact) mass is 380 g/mol. The van der Waals surface area contributed by atoms with E-state index < -0.39 is 23.4 Å². The number of carbonyl (C=O) groups is 3. The maximum atomic E-state index is 12.5. The van der Waals surface area contributed by atoms with E-state index in [0.717, 1.165) is 5.56 Å². The molecule has 2 heterocycles. The molecule has 0 saturated carbocycles. The van der Waals surface area contributed by atoms with E-state index >= 15 is 0 Å². The van der Waals surface area contributed by atoms with Gasteiger partial charge in [-0.25, -0.2) is 0 Å². The fourth-order valence-corrected chi connectivity index (χ4v) is 2.71. The highest BCUT2D eigenvalue weighted by molar-refractivity contribution is 6.05. The summed E-state index contributed by atoms with van der Waals surface area (Å²) in [6.07, 6.45) is 2.87. The Morgan fingerprint density at radius 2 is 1.75 bits per heavy atom. The summed E-state index contributed by atoms with van der Waals surface area (Å²) in [7, 11) is 0. The molecule has 3 amide bonds. The highest BCUT2D eigenvalue weighted by Gasteiger charge is 2.46. The van der Waals surface area contributed by atoms with Crippen molar-refractivity contribution >= 4 is 35.4 Å². The van der Waals surface area contributed by atoms with Gasteiger partial charge >= 0.3 is 0 Å². The van der Waals surface area contributed by atoms with Crippen molar-refractivity contribution < 1.29 is 14.4 Å². The van der Waals surface area contributed by atoms with Crippen LogP contribution in [0.3, 0.4) is 0 Å². The first kappa shape index (κ1) is 19.0. The second kappa shape index (κ2) is 7.47. The number of rotatable bonds is 5. The summed E-state index contributed by atoms with van der Waals surface area (Å²) in [5.74, 6) is -1.47. The van der Waals surface area contributed by atoms with Crippen molar-refractivity contribution in [3.63, 3.8) is 0 Å². The van der Waals surface area contributed by atoms with Crippen LogP contribution in [0.15, 0.2) is 47.6 Å². The molecule has 1 aliphatic heterocycles. The van der Waals surface area contributed by atoms with Crippen LogP contribution in [0.25, 0.3) is 0 Å². The maximum absolute atomic E-state index is 12.5. The van der Waals surface area contributed by atoms with E-state index in [0.29, 0.717) is 17.1 Å². The second-order valence-electron chi connectivity index (χ2n) is 6.63. The largest absolute Gasteiger partial charge is 0.368 e. The molecular formula is C19H20N6O3. The van der Waals surface area contributed by atoms with Gasteiger partial charge in [0.05, 0.1) is 6.34 Å². The number of primary amides is 1. The smallest absolute Gasteiger partial charge is 0.274 e. The zero-order valence-electron chi connectivity index (χ0n) is 15.4. The minimum absolute atomic E-state index is 0.315. The zero-order valence-corrected chi connectivity index (χ0v) is 15.4. The molecule has 2 aromatic rings. The molecule has 1 aliphatic rings. The van der Waals surface area contributed by atoms with Crippen LogP contribution in [0, 0.1) is 6.92 Å². The van der Waals surface area contributed by atoms with E-state index in [4.69, 9.17) is 5.73 Å². The molecule has 28 heavy (non-hydrogen) atoms. The Hall–Kier alpha value is -3.75. The summed E-state index contributed by atoms with van der Waals surface area (Å²) in [5.41, 5.74) is 6.38. The van der Waals surface area contributed by atoms with E-state index in [9.17, 15) is 14.4 Å². The number of benzene rings is 1. The van der Waals surface area contributed by atoms with Gasteiger partial charge in [0.2, 0.25) is 5.91 Å². The van der Waals surface area contributed by atoms with Crippen molar-refractivity contribution in [2.24, 2.45) is 10.7 Å². The molecule has 0 saturated heterocycles. The minimum Gasteiger partial charge on any atom is -0.368 e. The number of amides is 3. The summed E-state index contributed by atoms with van der Waals surface area (Å²) in [5, 5.41) is 8.15. The van der Waals surface area contributed by atoms with Crippen LogP contribution < -0.4 is 21.7 Å². The lowest BCUT2D eigenvalue weighted by molar-refractivity contribution is -0.128. The standard InChI is InChI=1S/C19H20N6O3/c1-11-7-8-21-14(9-11)16(26)24-12-3-5-13(6-4-12)25-17(27)15-19(2,18(20)28)23-10-22-15/h3-10,15H,1-2H3,(H2,20,28)(H,22,23)(H,24,26)(H,25,27). The Balaban J connectivity index is 1.64. The van der Waals surface area contributed by atoms with Gasteiger partial charge in [0, 0.05) is 17.6 Å². The molecule has 0 radical (unpaired) electrons. The van der Waals surface area contributed by atoms with Gasteiger partial charge in [-0.15, -0.1) is 0 Å². The van der Waals surface area contributed by atoms with Crippen LogP contribution >= 0.6 is 0 Å². The number of anilines is 2. The van der Waals surface area contributed by atoms with Crippen LogP contribution in [0.2, 0.25) is 0 Å². The van der Waals surface area contributed by atoms with Crippen molar-refractivity contribution in [3.05, 3.63) is 53.9 Å². The first-order valence-electron chi connectivity index (χ1n) is 8.54. The van der Waals surface area contributed by atoms with Crippen molar-refractivity contribution in [1.29, 1.82) is 0 Å². The summed E-state index contributed by atoms with van der Waals surface area (Å²) in [6, 6.07) is 9.07. The number of hydrogen-bond acceptors (Lipinski definition) is 6. The van der Waals surface area contributed by atoms with Gasteiger partial charge in [0.15, 0.2) is 6.04 Å². The lowest BCUT2D eigenvalue weighted by atomic mass is 9.92. The predicted octanol–water partition coefficient (Wildman–Crippen LogP) is 0.825. The number of pyridine rings is 1. The summed E-state index contributed by atoms with van der Waals surface area (Å²) in [4.78, 5) is 44.4. The quantitative estimate of drug-likeness (QED) is 0.608. The van der Waals surface area contributed by atoms with Gasteiger partial charge in [0.25, 0.3) is 11.8 Å². The van der Waals surface area contributed by atoms with Crippen LogP contribution in [0.1, 0.15) is 23.0 Å². The fraction of sp³-hybridized carbons (Fsp3) is 0.211. The Bertz CT molecular complexity index is 956. The van der Waals surface area contributed by atoms with Crippen LogP contribution in [0.5, 0.6) is 0 Å². The molecule has 0 bridgehead atoms. The van der Waals surface area contributed by atoms with E-state index in [1.54, 1.807) is 42.6 Å². The van der Waals surface area contributed by atoms with Gasteiger partial charge in [-0.3, -0.25) is 24.4 Å². The molecule has 1 aromatic heterocycles. The highest BCUT2D eigenvalue weighted by atomic mass is 16.2. The SMILES string of the molecule is Cc1ccnc(C(=O)Nc2ccc(NC(=O)C3N=CNC3(C)C(N)=O)cc2)c1. The normalized spacial score (nSPS) is 20.3. The zero-order chi connectivity index (χ0) is 20.3. The molecule has 2 unspecified atom stereocenters. The molecule has 0 fully saturated rings. The number of nitrogens with one attached hydrogen (secondary N) is 3. The summed E-state index contributed by atoms with van der Waals surface area (Å²) in [6.45, 7) is 3.40. The molecule has 1 aromatic carbocycles. The number of hydrogen-bond donors (Lipinski definition) is 4. The third-order valence-electron chi connectivity index (χ3n) is 4.45. The molecule has 144 valence electrons. The Morgan fingerprint density at radius 3 is 2.36 bits per heavy atom. The average molecular weight is 380 g/mol. The third kappa shape index (κ3) is 3.83. The first-order chi connectivity index (χ1) is 13.3. The van der Waals surface area contributed by atoms with Crippen molar-refractivity contribution in [1.82, 2.24) is 10.3 Å². The maximum Gasteiger partial charge on any atom is 0.274 e. The Morgan fingerprint density at radius 1 is 1.11 bits per heavy atom. The molecule has 9 nitrogen and oxygen atoms in total. The molecule has 0 spiro atoms. The van der Waals surface area contributed by atoms with Crippen molar-refractivity contribution in [3.8, 4) is 0 Å². The van der Waals surface area contributed by atoms with Gasteiger partial charge in [-0.2, -0.15) is 0 Å². The number of aryl methyl sites for hydroxylation is 1. The number of nitrogens with two attached hydrogens (primary N) is 1. The van der Waals surface area contributed by atoms with E-state index in [1.807, 2.05) is 6.92 Å². The topological polar surface area (TPSA) is 139 Å². The Kier molecular flexibility index (Phi) is 5.08. The minimum atomic E-state index is -1.28. The second-order valence-corrected chi connectivity index (χ2v) is 6.63. The van der Waals surface area contributed by atoms with E-state index in [1.165, 1.54) is 13.3 Å². The lowest BCUT2D eigenvalue weighted by Crippen LogP contribution is -2.59. The lowest BCUT2D eigenvalue weighted by Gasteiger charge is -2.26. The Labute approximate surface area is 161 Å². The third-order valence-corrected chi connectivity index (χ3v) is 4.45. The van der Waals surface area contributed by atoms with Crippen molar-refractivity contribution in [2.75, 3.05) is 10.6 Å². The average Bonchev–Trinajstić information content (AvgIpc) is 3.06. The molecule has 9 heteroatoms.